The molecule has 2 rings (SSSR count). The van der Waals surface area contributed by atoms with Crippen molar-refractivity contribution in [3.8, 4) is 0 Å². The van der Waals surface area contributed by atoms with Crippen LogP contribution in [0.15, 0.2) is 0 Å². The largest absolute Gasteiger partial charge is 0.481 e. The Kier molecular flexibility index (Phi) is 8.13. The third-order valence-electron chi connectivity index (χ3n) is 3.54. The Balaban J connectivity index is 0.000000240. The van der Waals surface area contributed by atoms with Gasteiger partial charge in [-0.3, -0.25) is 9.59 Å². The van der Waals surface area contributed by atoms with E-state index in [-0.39, 0.29) is 37.0 Å². The molecule has 2 heterocycles. The summed E-state index contributed by atoms with van der Waals surface area (Å²) in [4.78, 5) is 20.8. The molecule has 2 fully saturated rings. The predicted octanol–water partition coefficient (Wildman–Crippen LogP) is 0.172. The van der Waals surface area contributed by atoms with Gasteiger partial charge in [0.2, 0.25) is 0 Å². The molecule has 0 aromatic carbocycles. The fourth-order valence-corrected chi connectivity index (χ4v) is 3.42. The standard InChI is InChI=1S/2C7H12N2O2S/c2*1-4-2-5(3-6(10)11)9-7(12)8-4/h2*4-5H,2-3H2,1H3,(H,10,11)(H2,8,9,12)/t2*4-,5+/m10/s1. The quantitative estimate of drug-likeness (QED) is 0.379. The van der Waals surface area contributed by atoms with E-state index in [4.69, 9.17) is 34.6 Å². The Morgan fingerprint density at radius 3 is 1.46 bits per heavy atom. The highest BCUT2D eigenvalue weighted by Gasteiger charge is 2.23. The van der Waals surface area contributed by atoms with Crippen LogP contribution in [0.5, 0.6) is 0 Å². The molecule has 0 unspecified atom stereocenters. The average molecular weight is 377 g/mol. The van der Waals surface area contributed by atoms with Gasteiger partial charge in [0.1, 0.15) is 0 Å². The zero-order valence-corrected chi connectivity index (χ0v) is 15.3. The number of carboxylic acid groups (broad SMARTS) is 2. The van der Waals surface area contributed by atoms with Crippen molar-refractivity contribution >= 4 is 46.6 Å². The lowest BCUT2D eigenvalue weighted by molar-refractivity contribution is -0.138. The van der Waals surface area contributed by atoms with Crippen LogP contribution >= 0.6 is 24.4 Å². The van der Waals surface area contributed by atoms with E-state index < -0.39 is 11.9 Å². The second kappa shape index (κ2) is 9.58. The van der Waals surface area contributed by atoms with Crippen LogP contribution in [0.3, 0.4) is 0 Å². The number of carbonyl (C=O) groups is 2. The Morgan fingerprint density at radius 2 is 1.21 bits per heavy atom. The van der Waals surface area contributed by atoms with Crippen LogP contribution in [0.2, 0.25) is 0 Å². The summed E-state index contributed by atoms with van der Waals surface area (Å²) in [6.45, 7) is 3.98. The summed E-state index contributed by atoms with van der Waals surface area (Å²) in [5, 5.41) is 30.0. The lowest BCUT2D eigenvalue weighted by atomic mass is 10.0. The zero-order valence-electron chi connectivity index (χ0n) is 13.7. The number of thiocarbonyl (C=S) groups is 2. The molecule has 2 saturated heterocycles. The molecule has 0 aromatic rings. The van der Waals surface area contributed by atoms with Crippen molar-refractivity contribution < 1.29 is 19.8 Å². The van der Waals surface area contributed by atoms with Gasteiger partial charge < -0.3 is 31.5 Å². The number of nitrogens with one attached hydrogen (secondary N) is 4. The van der Waals surface area contributed by atoms with Crippen molar-refractivity contribution in [2.75, 3.05) is 0 Å². The lowest BCUT2D eigenvalue weighted by Crippen LogP contribution is -2.53. The van der Waals surface area contributed by atoms with Gasteiger partial charge in [-0.15, -0.1) is 0 Å². The summed E-state index contributed by atoms with van der Waals surface area (Å²) < 4.78 is 0. The van der Waals surface area contributed by atoms with E-state index in [1.807, 2.05) is 13.8 Å². The molecular formula is C14H24N4O4S2. The molecule has 2 aliphatic heterocycles. The van der Waals surface area contributed by atoms with Crippen molar-refractivity contribution in [1.82, 2.24) is 21.3 Å². The maximum atomic E-state index is 10.4. The minimum absolute atomic E-state index is 0.0220. The zero-order chi connectivity index (χ0) is 18.3. The molecule has 0 aliphatic carbocycles. The number of rotatable bonds is 4. The molecule has 6 N–H and O–H groups in total. The summed E-state index contributed by atoms with van der Waals surface area (Å²) in [5.74, 6) is -1.58. The fraction of sp³-hybridized carbons (Fsp3) is 0.714. The summed E-state index contributed by atoms with van der Waals surface area (Å²) in [5.41, 5.74) is 0. The summed E-state index contributed by atoms with van der Waals surface area (Å²) in [7, 11) is 0. The summed E-state index contributed by atoms with van der Waals surface area (Å²) >= 11 is 9.80. The fourth-order valence-electron chi connectivity index (χ4n) is 2.68. The van der Waals surface area contributed by atoms with E-state index >= 15 is 0 Å². The highest BCUT2D eigenvalue weighted by Crippen LogP contribution is 2.07. The molecule has 10 heteroatoms. The SMILES string of the molecule is C[C@@H]1C[C@@H](CC(=O)O)NC(=S)N1.C[C@H]1C[C@H](CC(=O)O)NC(=S)N1. The van der Waals surface area contributed by atoms with Crippen LogP contribution in [-0.4, -0.2) is 56.5 Å². The molecule has 4 atom stereocenters. The Labute approximate surface area is 151 Å². The van der Waals surface area contributed by atoms with Gasteiger partial charge in [-0.1, -0.05) is 0 Å². The van der Waals surface area contributed by atoms with Crippen LogP contribution in [0.1, 0.15) is 39.5 Å². The molecular weight excluding hydrogens is 352 g/mol. The molecule has 24 heavy (non-hydrogen) atoms. The first-order valence-electron chi connectivity index (χ1n) is 7.73. The molecule has 0 spiro atoms. The first-order valence-corrected chi connectivity index (χ1v) is 8.55. The first-order chi connectivity index (χ1) is 11.2. The second-order valence-electron chi connectivity index (χ2n) is 6.10. The average Bonchev–Trinajstić information content (AvgIpc) is 2.34. The molecule has 8 nitrogen and oxygen atoms in total. The molecule has 0 amide bonds. The van der Waals surface area contributed by atoms with Gasteiger partial charge >= 0.3 is 11.9 Å². The number of hydrogen-bond acceptors (Lipinski definition) is 4. The van der Waals surface area contributed by atoms with Crippen molar-refractivity contribution in [1.29, 1.82) is 0 Å². The minimum Gasteiger partial charge on any atom is -0.481 e. The topological polar surface area (TPSA) is 123 Å². The number of aliphatic carboxylic acids is 2. The van der Waals surface area contributed by atoms with Gasteiger partial charge in [-0.05, 0) is 51.1 Å². The van der Waals surface area contributed by atoms with Gasteiger partial charge in [0.25, 0.3) is 0 Å². The maximum Gasteiger partial charge on any atom is 0.305 e. The summed E-state index contributed by atoms with van der Waals surface area (Å²) in [6, 6.07) is 0.490. The van der Waals surface area contributed by atoms with Crippen LogP contribution in [-0.2, 0) is 9.59 Å². The number of carboxylic acids is 2. The molecule has 0 aromatic heterocycles. The predicted molar refractivity (Wildman–Crippen MR) is 98.0 cm³/mol. The van der Waals surface area contributed by atoms with Crippen LogP contribution in [0.25, 0.3) is 0 Å². The van der Waals surface area contributed by atoms with Gasteiger partial charge in [0, 0.05) is 24.2 Å². The normalized spacial score (nSPS) is 28.9. The van der Waals surface area contributed by atoms with Crippen molar-refractivity contribution in [2.24, 2.45) is 0 Å². The van der Waals surface area contributed by atoms with Gasteiger partial charge in [-0.25, -0.2) is 0 Å². The maximum absolute atomic E-state index is 10.4. The van der Waals surface area contributed by atoms with E-state index in [9.17, 15) is 9.59 Å². The Bertz CT molecular complexity index is 455. The molecule has 0 saturated carbocycles. The Hall–Kier alpha value is -1.68. The highest BCUT2D eigenvalue weighted by atomic mass is 32.1. The van der Waals surface area contributed by atoms with E-state index in [1.54, 1.807) is 0 Å². The van der Waals surface area contributed by atoms with Crippen LogP contribution < -0.4 is 21.3 Å². The van der Waals surface area contributed by atoms with E-state index in [0.717, 1.165) is 12.8 Å². The van der Waals surface area contributed by atoms with E-state index in [2.05, 4.69) is 21.3 Å². The van der Waals surface area contributed by atoms with Crippen LogP contribution in [0.4, 0.5) is 0 Å². The third kappa shape index (κ3) is 8.25. The van der Waals surface area contributed by atoms with Gasteiger partial charge in [0.15, 0.2) is 10.2 Å². The monoisotopic (exact) mass is 376 g/mol. The minimum atomic E-state index is -0.788. The Morgan fingerprint density at radius 1 is 0.875 bits per heavy atom. The molecule has 0 bridgehead atoms. The molecule has 2 aliphatic rings. The van der Waals surface area contributed by atoms with Crippen molar-refractivity contribution in [3.05, 3.63) is 0 Å². The van der Waals surface area contributed by atoms with E-state index in [1.165, 1.54) is 0 Å². The lowest BCUT2D eigenvalue weighted by Gasteiger charge is -2.30. The first kappa shape index (κ1) is 20.4. The highest BCUT2D eigenvalue weighted by molar-refractivity contribution is 7.80. The van der Waals surface area contributed by atoms with Gasteiger partial charge in [0.05, 0.1) is 12.8 Å². The summed E-state index contributed by atoms with van der Waals surface area (Å²) in [6.07, 6.45) is 1.86. The molecule has 0 radical (unpaired) electrons. The van der Waals surface area contributed by atoms with Crippen LogP contribution in [0, 0.1) is 0 Å². The third-order valence-corrected chi connectivity index (χ3v) is 4.02. The second-order valence-corrected chi connectivity index (χ2v) is 6.92. The van der Waals surface area contributed by atoms with Crippen molar-refractivity contribution in [2.45, 2.75) is 63.7 Å². The van der Waals surface area contributed by atoms with Crippen molar-refractivity contribution in [3.63, 3.8) is 0 Å². The number of hydrogen-bond donors (Lipinski definition) is 6. The molecule has 136 valence electrons. The smallest absolute Gasteiger partial charge is 0.305 e. The van der Waals surface area contributed by atoms with E-state index in [0.29, 0.717) is 10.2 Å². The van der Waals surface area contributed by atoms with Gasteiger partial charge in [-0.2, -0.15) is 0 Å².